The number of aliphatic hydroxyl groups is 1. The first kappa shape index (κ1) is 24.1. The van der Waals surface area contributed by atoms with Gasteiger partial charge in [0.1, 0.15) is 5.60 Å². The number of halogens is 1. The van der Waals surface area contributed by atoms with E-state index in [1.165, 1.54) is 12.8 Å². The average Bonchev–Trinajstić information content (AvgIpc) is 3.10. The fourth-order valence-corrected chi connectivity index (χ4v) is 3.31. The summed E-state index contributed by atoms with van der Waals surface area (Å²) in [5.74, 6) is 0.752. The molecule has 2 rings (SSSR count). The second-order valence-corrected chi connectivity index (χ2v) is 7.04. The van der Waals surface area contributed by atoms with Crippen molar-refractivity contribution in [1.82, 2.24) is 15.5 Å². The Labute approximate surface area is 180 Å². The molecule has 1 aromatic rings. The third-order valence-electron chi connectivity index (χ3n) is 4.87. The zero-order chi connectivity index (χ0) is 18.8. The molecule has 0 radical (unpaired) electrons. The molecule has 7 heteroatoms. The summed E-state index contributed by atoms with van der Waals surface area (Å²) in [7, 11) is 1.75. The van der Waals surface area contributed by atoms with E-state index in [0.717, 1.165) is 44.3 Å². The fourth-order valence-electron chi connectivity index (χ4n) is 3.31. The number of hydrogen-bond acceptors (Lipinski definition) is 4. The molecular formula is C20H35IN4O2. The number of aliphatic imine (C=N–C) groups is 1. The van der Waals surface area contributed by atoms with Crippen LogP contribution in [0.1, 0.15) is 32.3 Å². The van der Waals surface area contributed by atoms with Crippen molar-refractivity contribution in [2.24, 2.45) is 4.99 Å². The van der Waals surface area contributed by atoms with Crippen molar-refractivity contribution in [2.45, 2.75) is 38.3 Å². The lowest BCUT2D eigenvalue weighted by atomic mass is 9.96. The Hall–Kier alpha value is -0.900. The van der Waals surface area contributed by atoms with Crippen LogP contribution in [0.15, 0.2) is 35.3 Å². The van der Waals surface area contributed by atoms with Crippen LogP contribution in [0.2, 0.25) is 0 Å². The molecule has 0 amide bonds. The van der Waals surface area contributed by atoms with Crippen LogP contribution < -0.4 is 10.6 Å². The molecule has 1 aliphatic heterocycles. The average molecular weight is 490 g/mol. The molecule has 1 saturated heterocycles. The summed E-state index contributed by atoms with van der Waals surface area (Å²) in [4.78, 5) is 7.08. The molecule has 0 aliphatic carbocycles. The van der Waals surface area contributed by atoms with Gasteiger partial charge in [-0.2, -0.15) is 0 Å². The van der Waals surface area contributed by atoms with E-state index in [0.29, 0.717) is 12.6 Å². The highest BCUT2D eigenvalue weighted by atomic mass is 127. The van der Waals surface area contributed by atoms with Crippen LogP contribution >= 0.6 is 24.0 Å². The SMILES string of the molecule is CCNC(=NCC(C)(O)c1ccccc1)NCC1CCCN1CCOC.I. The Morgan fingerprint density at radius 2 is 2.07 bits per heavy atom. The van der Waals surface area contributed by atoms with E-state index in [1.807, 2.05) is 37.3 Å². The standard InChI is InChI=1S/C20H34N4O2.HI/c1-4-21-19(22-15-18-11-8-12-24(18)13-14-26-3)23-16-20(2,25)17-9-6-5-7-10-17;/h5-7,9-10,18,25H,4,8,11-16H2,1-3H3,(H2,21,22,23);1H. The van der Waals surface area contributed by atoms with Crippen molar-refractivity contribution in [2.75, 3.05) is 46.4 Å². The number of rotatable bonds is 9. The highest BCUT2D eigenvalue weighted by molar-refractivity contribution is 14.0. The Bertz CT molecular complexity index is 554. The van der Waals surface area contributed by atoms with Crippen molar-refractivity contribution >= 4 is 29.9 Å². The van der Waals surface area contributed by atoms with E-state index in [4.69, 9.17) is 4.74 Å². The van der Waals surface area contributed by atoms with E-state index >= 15 is 0 Å². The first-order valence-electron chi connectivity index (χ1n) is 9.60. The number of nitrogens with zero attached hydrogens (tertiary/aromatic N) is 2. The summed E-state index contributed by atoms with van der Waals surface area (Å²) in [6, 6.07) is 10.2. The summed E-state index contributed by atoms with van der Waals surface area (Å²) in [5.41, 5.74) is -0.109. The summed E-state index contributed by atoms with van der Waals surface area (Å²) >= 11 is 0. The van der Waals surface area contributed by atoms with E-state index in [1.54, 1.807) is 14.0 Å². The minimum Gasteiger partial charge on any atom is -0.384 e. The van der Waals surface area contributed by atoms with Crippen molar-refractivity contribution < 1.29 is 9.84 Å². The molecule has 2 atom stereocenters. The van der Waals surface area contributed by atoms with Gasteiger partial charge in [-0.1, -0.05) is 30.3 Å². The van der Waals surface area contributed by atoms with Crippen LogP contribution in [-0.2, 0) is 10.3 Å². The van der Waals surface area contributed by atoms with Gasteiger partial charge in [0.2, 0.25) is 0 Å². The molecule has 0 saturated carbocycles. The van der Waals surface area contributed by atoms with Gasteiger partial charge in [-0.25, -0.2) is 4.99 Å². The second-order valence-electron chi connectivity index (χ2n) is 7.04. The summed E-state index contributed by atoms with van der Waals surface area (Å²) in [6.07, 6.45) is 2.42. The highest BCUT2D eigenvalue weighted by Crippen LogP contribution is 2.20. The van der Waals surface area contributed by atoms with Gasteiger partial charge in [-0.05, 0) is 38.8 Å². The molecule has 2 unspecified atom stereocenters. The first-order chi connectivity index (χ1) is 12.6. The minimum absolute atomic E-state index is 0. The third-order valence-corrected chi connectivity index (χ3v) is 4.87. The normalized spacial score (nSPS) is 20.0. The van der Waals surface area contributed by atoms with Gasteiger partial charge < -0.3 is 20.5 Å². The van der Waals surface area contributed by atoms with Gasteiger partial charge in [0.05, 0.1) is 13.2 Å². The Kier molecular flexibility index (Phi) is 11.2. The number of nitrogens with one attached hydrogen (secondary N) is 2. The molecule has 27 heavy (non-hydrogen) atoms. The van der Waals surface area contributed by atoms with E-state index in [2.05, 4.69) is 20.5 Å². The van der Waals surface area contributed by atoms with Gasteiger partial charge >= 0.3 is 0 Å². The predicted molar refractivity (Wildman–Crippen MR) is 122 cm³/mol. The van der Waals surface area contributed by atoms with Crippen LogP contribution in [0.4, 0.5) is 0 Å². The number of methoxy groups -OCH3 is 1. The van der Waals surface area contributed by atoms with Gasteiger partial charge in [0.15, 0.2) is 5.96 Å². The molecule has 0 spiro atoms. The van der Waals surface area contributed by atoms with Gasteiger partial charge in [-0.3, -0.25) is 4.90 Å². The van der Waals surface area contributed by atoms with Gasteiger partial charge in [0, 0.05) is 32.8 Å². The van der Waals surface area contributed by atoms with Crippen LogP contribution in [0.5, 0.6) is 0 Å². The largest absolute Gasteiger partial charge is 0.384 e. The number of ether oxygens (including phenoxy) is 1. The molecule has 0 aromatic heterocycles. The maximum atomic E-state index is 10.7. The molecule has 3 N–H and O–H groups in total. The maximum Gasteiger partial charge on any atom is 0.191 e. The van der Waals surface area contributed by atoms with E-state index < -0.39 is 5.60 Å². The number of benzene rings is 1. The lowest BCUT2D eigenvalue weighted by molar-refractivity contribution is 0.0672. The molecular weight excluding hydrogens is 455 g/mol. The van der Waals surface area contributed by atoms with Crippen LogP contribution in [0.25, 0.3) is 0 Å². The van der Waals surface area contributed by atoms with Crippen LogP contribution in [-0.4, -0.2) is 68.4 Å². The van der Waals surface area contributed by atoms with E-state index in [-0.39, 0.29) is 24.0 Å². The van der Waals surface area contributed by atoms with Gasteiger partial charge in [0.25, 0.3) is 0 Å². The number of likely N-dealkylation sites (tertiary alicyclic amines) is 1. The minimum atomic E-state index is -0.985. The molecule has 6 nitrogen and oxygen atoms in total. The van der Waals surface area contributed by atoms with Crippen LogP contribution in [0.3, 0.4) is 0 Å². The third kappa shape index (κ3) is 7.93. The molecule has 1 heterocycles. The van der Waals surface area contributed by atoms with E-state index in [9.17, 15) is 5.11 Å². The number of hydrogen-bond donors (Lipinski definition) is 3. The quantitative estimate of drug-likeness (QED) is 0.281. The molecule has 1 aromatic carbocycles. The molecule has 0 bridgehead atoms. The van der Waals surface area contributed by atoms with Gasteiger partial charge in [-0.15, -0.1) is 24.0 Å². The predicted octanol–water partition coefficient (Wildman–Crippen LogP) is 2.18. The highest BCUT2D eigenvalue weighted by Gasteiger charge is 2.25. The second kappa shape index (κ2) is 12.5. The fraction of sp³-hybridized carbons (Fsp3) is 0.650. The molecule has 1 aliphatic rings. The Morgan fingerprint density at radius 3 is 2.74 bits per heavy atom. The van der Waals surface area contributed by atoms with Crippen molar-refractivity contribution in [3.8, 4) is 0 Å². The zero-order valence-corrected chi connectivity index (χ0v) is 19.1. The topological polar surface area (TPSA) is 69.1 Å². The lowest BCUT2D eigenvalue weighted by Gasteiger charge is -2.26. The number of guanidine groups is 1. The molecule has 154 valence electrons. The summed E-state index contributed by atoms with van der Waals surface area (Å²) < 4.78 is 5.21. The van der Waals surface area contributed by atoms with Crippen molar-refractivity contribution in [1.29, 1.82) is 0 Å². The monoisotopic (exact) mass is 490 g/mol. The van der Waals surface area contributed by atoms with Crippen molar-refractivity contribution in [3.63, 3.8) is 0 Å². The maximum absolute atomic E-state index is 10.7. The summed E-state index contributed by atoms with van der Waals surface area (Å²) in [5, 5.41) is 17.4. The molecule has 1 fully saturated rings. The lowest BCUT2D eigenvalue weighted by Crippen LogP contribution is -2.46. The Balaban J connectivity index is 0.00000364. The van der Waals surface area contributed by atoms with Crippen molar-refractivity contribution in [3.05, 3.63) is 35.9 Å². The zero-order valence-electron chi connectivity index (χ0n) is 16.8. The van der Waals surface area contributed by atoms with Crippen LogP contribution in [0, 0.1) is 0 Å². The Morgan fingerprint density at radius 1 is 1.33 bits per heavy atom. The first-order valence-corrected chi connectivity index (χ1v) is 9.60. The summed E-state index contributed by atoms with van der Waals surface area (Å²) in [6.45, 7) is 8.67. The smallest absolute Gasteiger partial charge is 0.191 e.